The number of hydrogen-bond donors (Lipinski definition) is 1. The number of carbonyl (C=O) groups excluding carboxylic acids is 1. The van der Waals surface area contributed by atoms with Crippen molar-refractivity contribution in [2.24, 2.45) is 0 Å². The van der Waals surface area contributed by atoms with Gasteiger partial charge in [0.05, 0.1) is 6.04 Å². The van der Waals surface area contributed by atoms with E-state index >= 15 is 0 Å². The zero-order valence-corrected chi connectivity index (χ0v) is 14.0. The molecule has 0 saturated heterocycles. The van der Waals surface area contributed by atoms with Crippen molar-refractivity contribution < 1.29 is 9.53 Å². The maximum atomic E-state index is 12.2. The largest absolute Gasteiger partial charge is 0.492 e. The van der Waals surface area contributed by atoms with Crippen LogP contribution in [0, 0.1) is 6.92 Å². The lowest BCUT2D eigenvalue weighted by Crippen LogP contribution is -2.47. The van der Waals surface area contributed by atoms with Gasteiger partial charge in [0.1, 0.15) is 12.4 Å². The molecule has 0 radical (unpaired) electrons. The Labute approximate surface area is 133 Å². The molecule has 1 fully saturated rings. The van der Waals surface area contributed by atoms with Gasteiger partial charge in [-0.2, -0.15) is 0 Å². The van der Waals surface area contributed by atoms with Gasteiger partial charge in [0.25, 0.3) is 0 Å². The fourth-order valence-corrected chi connectivity index (χ4v) is 2.80. The number of benzene rings is 1. The van der Waals surface area contributed by atoms with E-state index in [4.69, 9.17) is 4.74 Å². The average molecular weight is 304 g/mol. The summed E-state index contributed by atoms with van der Waals surface area (Å²) in [6, 6.07) is 8.29. The van der Waals surface area contributed by atoms with Crippen molar-refractivity contribution >= 4 is 5.91 Å². The van der Waals surface area contributed by atoms with Crippen molar-refractivity contribution in [3.05, 3.63) is 29.8 Å². The molecule has 1 aliphatic rings. The summed E-state index contributed by atoms with van der Waals surface area (Å²) >= 11 is 0. The highest BCUT2D eigenvalue weighted by molar-refractivity contribution is 5.81. The minimum Gasteiger partial charge on any atom is -0.492 e. The van der Waals surface area contributed by atoms with E-state index < -0.39 is 0 Å². The molecule has 4 nitrogen and oxygen atoms in total. The highest BCUT2D eigenvalue weighted by Crippen LogP contribution is 2.18. The quantitative estimate of drug-likeness (QED) is 0.842. The van der Waals surface area contributed by atoms with Crippen LogP contribution in [0.4, 0.5) is 0 Å². The number of rotatable bonds is 7. The number of hydrogen-bond acceptors (Lipinski definition) is 3. The molecule has 1 amide bonds. The predicted octanol–water partition coefficient (Wildman–Crippen LogP) is 2.75. The lowest BCUT2D eigenvalue weighted by molar-refractivity contribution is -0.126. The van der Waals surface area contributed by atoms with Gasteiger partial charge in [-0.25, -0.2) is 0 Å². The number of amides is 1. The molecule has 1 atom stereocenters. The molecule has 0 spiro atoms. The number of carbonyl (C=O) groups is 1. The van der Waals surface area contributed by atoms with E-state index in [-0.39, 0.29) is 11.9 Å². The van der Waals surface area contributed by atoms with Crippen LogP contribution in [-0.2, 0) is 4.79 Å². The smallest absolute Gasteiger partial charge is 0.237 e. The van der Waals surface area contributed by atoms with Gasteiger partial charge in [0.15, 0.2) is 0 Å². The van der Waals surface area contributed by atoms with Crippen LogP contribution in [0.15, 0.2) is 24.3 Å². The summed E-state index contributed by atoms with van der Waals surface area (Å²) in [5.41, 5.74) is 1.19. The highest BCUT2D eigenvalue weighted by Gasteiger charge is 2.22. The third-order valence-electron chi connectivity index (χ3n) is 4.44. The summed E-state index contributed by atoms with van der Waals surface area (Å²) in [6.45, 7) is 5.32. The van der Waals surface area contributed by atoms with Gasteiger partial charge >= 0.3 is 0 Å². The number of nitrogens with zero attached hydrogens (tertiary/aromatic N) is 1. The molecule has 0 unspecified atom stereocenters. The van der Waals surface area contributed by atoms with Crippen LogP contribution >= 0.6 is 0 Å². The SMILES string of the molecule is Cc1cccc(OCCN(C)[C@H](C)C(=O)NC2CCCC2)c1. The van der Waals surface area contributed by atoms with E-state index in [0.717, 1.165) is 25.1 Å². The van der Waals surface area contributed by atoms with Crippen molar-refractivity contribution in [2.45, 2.75) is 51.6 Å². The second kappa shape index (κ2) is 8.18. The Morgan fingerprint density at radius 2 is 2.14 bits per heavy atom. The molecule has 0 aliphatic heterocycles. The molecule has 0 heterocycles. The zero-order valence-electron chi connectivity index (χ0n) is 14.0. The minimum absolute atomic E-state index is 0.123. The standard InChI is InChI=1S/C18H28N2O2/c1-14-7-6-10-17(13-14)22-12-11-20(3)15(2)18(21)19-16-8-4-5-9-16/h6-7,10,13,15-16H,4-5,8-9,11-12H2,1-3H3,(H,19,21)/t15-/m1/s1. The summed E-state index contributed by atoms with van der Waals surface area (Å²) in [4.78, 5) is 14.3. The van der Waals surface area contributed by atoms with Crippen molar-refractivity contribution in [2.75, 3.05) is 20.2 Å². The lowest BCUT2D eigenvalue weighted by atomic mass is 10.2. The van der Waals surface area contributed by atoms with Crippen LogP contribution in [0.25, 0.3) is 0 Å². The van der Waals surface area contributed by atoms with Crippen molar-refractivity contribution in [3.8, 4) is 5.75 Å². The van der Waals surface area contributed by atoms with Gasteiger partial charge in [-0.15, -0.1) is 0 Å². The molecule has 0 aromatic heterocycles. The van der Waals surface area contributed by atoms with Crippen LogP contribution in [0.1, 0.15) is 38.2 Å². The monoisotopic (exact) mass is 304 g/mol. The second-order valence-corrected chi connectivity index (χ2v) is 6.31. The Morgan fingerprint density at radius 1 is 1.41 bits per heavy atom. The average Bonchev–Trinajstić information content (AvgIpc) is 2.99. The van der Waals surface area contributed by atoms with Crippen LogP contribution < -0.4 is 10.1 Å². The van der Waals surface area contributed by atoms with Crippen LogP contribution in [0.2, 0.25) is 0 Å². The number of likely N-dealkylation sites (N-methyl/N-ethyl adjacent to an activating group) is 1. The molecule has 122 valence electrons. The first kappa shape index (κ1) is 16.8. The Kier molecular flexibility index (Phi) is 6.25. The van der Waals surface area contributed by atoms with E-state index in [0.29, 0.717) is 12.6 Å². The fourth-order valence-electron chi connectivity index (χ4n) is 2.80. The first-order valence-electron chi connectivity index (χ1n) is 8.26. The van der Waals surface area contributed by atoms with Crippen molar-refractivity contribution in [1.82, 2.24) is 10.2 Å². The first-order chi connectivity index (χ1) is 10.6. The van der Waals surface area contributed by atoms with Crippen LogP contribution in [0.5, 0.6) is 5.75 Å². The van der Waals surface area contributed by atoms with Crippen LogP contribution in [0.3, 0.4) is 0 Å². The maximum Gasteiger partial charge on any atom is 0.237 e. The van der Waals surface area contributed by atoms with Gasteiger partial charge in [0, 0.05) is 12.6 Å². The fraction of sp³-hybridized carbons (Fsp3) is 0.611. The molecule has 1 N–H and O–H groups in total. The third kappa shape index (κ3) is 5.02. The van der Waals surface area contributed by atoms with E-state index in [2.05, 4.69) is 18.3 Å². The molecule has 4 heteroatoms. The molecule has 22 heavy (non-hydrogen) atoms. The summed E-state index contributed by atoms with van der Waals surface area (Å²) in [5.74, 6) is 1.02. The summed E-state index contributed by atoms with van der Waals surface area (Å²) < 4.78 is 5.75. The van der Waals surface area contributed by atoms with Gasteiger partial charge in [0.2, 0.25) is 5.91 Å². The molecule has 1 aromatic carbocycles. The zero-order chi connectivity index (χ0) is 15.9. The molecule has 1 aromatic rings. The van der Waals surface area contributed by atoms with E-state index in [1.54, 1.807) is 0 Å². The lowest BCUT2D eigenvalue weighted by Gasteiger charge is -2.25. The molecule has 0 bridgehead atoms. The molecular formula is C18H28N2O2. The molecule has 2 rings (SSSR count). The Hall–Kier alpha value is -1.55. The minimum atomic E-state index is -0.123. The van der Waals surface area contributed by atoms with E-state index in [9.17, 15) is 4.79 Å². The van der Waals surface area contributed by atoms with E-state index in [1.807, 2.05) is 37.1 Å². The van der Waals surface area contributed by atoms with Crippen LogP contribution in [-0.4, -0.2) is 43.1 Å². The van der Waals surface area contributed by atoms with Crippen molar-refractivity contribution in [1.29, 1.82) is 0 Å². The Bertz CT molecular complexity index is 484. The maximum absolute atomic E-state index is 12.2. The van der Waals surface area contributed by atoms with Crippen molar-refractivity contribution in [3.63, 3.8) is 0 Å². The summed E-state index contributed by atoms with van der Waals surface area (Å²) in [5, 5.41) is 3.15. The van der Waals surface area contributed by atoms with Gasteiger partial charge in [-0.1, -0.05) is 25.0 Å². The molecule has 1 aliphatic carbocycles. The number of aryl methyl sites for hydroxylation is 1. The summed E-state index contributed by atoms with van der Waals surface area (Å²) in [6.07, 6.45) is 4.72. The molecule has 1 saturated carbocycles. The third-order valence-corrected chi connectivity index (χ3v) is 4.44. The van der Waals surface area contributed by atoms with Gasteiger partial charge in [-0.05, 0) is 51.4 Å². The van der Waals surface area contributed by atoms with E-state index in [1.165, 1.54) is 18.4 Å². The number of ether oxygens (including phenoxy) is 1. The highest BCUT2D eigenvalue weighted by atomic mass is 16.5. The predicted molar refractivity (Wildman–Crippen MR) is 89.2 cm³/mol. The second-order valence-electron chi connectivity index (χ2n) is 6.31. The number of nitrogens with one attached hydrogen (secondary N) is 1. The molecular weight excluding hydrogens is 276 g/mol. The Morgan fingerprint density at radius 3 is 2.82 bits per heavy atom. The van der Waals surface area contributed by atoms with Gasteiger partial charge < -0.3 is 10.1 Å². The summed E-state index contributed by atoms with van der Waals surface area (Å²) in [7, 11) is 1.97. The topological polar surface area (TPSA) is 41.6 Å². The normalized spacial score (nSPS) is 16.7. The Balaban J connectivity index is 1.71. The van der Waals surface area contributed by atoms with Gasteiger partial charge in [-0.3, -0.25) is 9.69 Å². The first-order valence-corrected chi connectivity index (χ1v) is 8.26.